The summed E-state index contributed by atoms with van der Waals surface area (Å²) in [5.74, 6) is -2.73. The van der Waals surface area contributed by atoms with Crippen LogP contribution in [0.25, 0.3) is 0 Å². The van der Waals surface area contributed by atoms with Crippen molar-refractivity contribution in [1.82, 2.24) is 0 Å². The smallest absolute Gasteiger partial charge is 0.335 e. The molecule has 2 aromatic rings. The predicted molar refractivity (Wildman–Crippen MR) is 76.5 cm³/mol. The number of ketones is 2. The van der Waals surface area contributed by atoms with E-state index < -0.39 is 38.1 Å². The molecule has 23 heavy (non-hydrogen) atoms. The molecule has 116 valence electrons. The van der Waals surface area contributed by atoms with Gasteiger partial charge in [-0.2, -0.15) is 8.42 Å². The van der Waals surface area contributed by atoms with Crippen LogP contribution in [-0.2, 0) is 10.1 Å². The van der Waals surface area contributed by atoms with Crippen molar-refractivity contribution in [2.24, 2.45) is 0 Å². The second kappa shape index (κ2) is 4.83. The van der Waals surface area contributed by atoms with Gasteiger partial charge in [0, 0.05) is 16.7 Å². The number of hydrogen-bond donors (Lipinski definition) is 2. The summed E-state index contributed by atoms with van der Waals surface area (Å²) in [6.45, 7) is 0. The third-order valence-electron chi connectivity index (χ3n) is 3.53. The van der Waals surface area contributed by atoms with E-state index in [-0.39, 0.29) is 22.3 Å². The van der Waals surface area contributed by atoms with Gasteiger partial charge in [-0.15, -0.1) is 0 Å². The van der Waals surface area contributed by atoms with Crippen LogP contribution in [0.3, 0.4) is 0 Å². The third kappa shape index (κ3) is 2.24. The van der Waals surface area contributed by atoms with Crippen LogP contribution in [-0.4, -0.2) is 35.6 Å². The van der Waals surface area contributed by atoms with Gasteiger partial charge >= 0.3 is 5.97 Å². The number of carboxylic acid groups (broad SMARTS) is 1. The van der Waals surface area contributed by atoms with Gasteiger partial charge in [0.1, 0.15) is 4.90 Å². The van der Waals surface area contributed by atoms with Crippen molar-refractivity contribution in [1.29, 1.82) is 0 Å². The first-order valence-corrected chi connectivity index (χ1v) is 7.73. The quantitative estimate of drug-likeness (QED) is 0.679. The van der Waals surface area contributed by atoms with Crippen LogP contribution in [0.5, 0.6) is 0 Å². The van der Waals surface area contributed by atoms with E-state index in [1.165, 1.54) is 24.3 Å². The summed E-state index contributed by atoms with van der Waals surface area (Å²) in [6.07, 6.45) is 0. The van der Waals surface area contributed by atoms with Gasteiger partial charge in [0.05, 0.1) is 11.1 Å². The molecule has 0 spiro atoms. The van der Waals surface area contributed by atoms with Crippen molar-refractivity contribution < 1.29 is 32.5 Å². The summed E-state index contributed by atoms with van der Waals surface area (Å²) in [5, 5.41) is 8.99. The van der Waals surface area contributed by atoms with Gasteiger partial charge in [-0.25, -0.2) is 4.79 Å². The normalized spacial score (nSPS) is 13.4. The lowest BCUT2D eigenvalue weighted by atomic mass is 9.83. The molecule has 0 unspecified atom stereocenters. The summed E-state index contributed by atoms with van der Waals surface area (Å²) in [5.41, 5.74) is -1.04. The Labute approximate surface area is 129 Å². The van der Waals surface area contributed by atoms with Crippen LogP contribution >= 0.6 is 0 Å². The highest BCUT2D eigenvalue weighted by Crippen LogP contribution is 2.31. The summed E-state index contributed by atoms with van der Waals surface area (Å²) < 4.78 is 32.1. The van der Waals surface area contributed by atoms with E-state index in [0.717, 1.165) is 12.1 Å². The van der Waals surface area contributed by atoms with Crippen LogP contribution in [0.1, 0.15) is 42.2 Å². The van der Waals surface area contributed by atoms with Gasteiger partial charge < -0.3 is 5.11 Å². The van der Waals surface area contributed by atoms with E-state index >= 15 is 0 Å². The molecule has 1 aliphatic rings. The number of carbonyl (C=O) groups is 3. The average molecular weight is 332 g/mol. The zero-order valence-electron chi connectivity index (χ0n) is 11.3. The van der Waals surface area contributed by atoms with Gasteiger partial charge in [0.2, 0.25) is 0 Å². The molecule has 0 saturated carbocycles. The largest absolute Gasteiger partial charge is 0.478 e. The second-order valence-electron chi connectivity index (χ2n) is 4.88. The van der Waals surface area contributed by atoms with Crippen molar-refractivity contribution in [2.75, 3.05) is 0 Å². The van der Waals surface area contributed by atoms with Gasteiger partial charge in [-0.05, 0) is 24.3 Å². The first-order valence-electron chi connectivity index (χ1n) is 6.29. The van der Waals surface area contributed by atoms with Crippen LogP contribution in [0.2, 0.25) is 0 Å². The SMILES string of the molecule is O=C(O)c1ccc2c(c1)C(=O)c1c(cccc1S(=O)(=O)O)C2=O. The molecule has 1 aliphatic carbocycles. The van der Waals surface area contributed by atoms with Gasteiger partial charge in [0.25, 0.3) is 10.1 Å². The highest BCUT2D eigenvalue weighted by Gasteiger charge is 2.34. The summed E-state index contributed by atoms with van der Waals surface area (Å²) in [4.78, 5) is 35.3. The van der Waals surface area contributed by atoms with Gasteiger partial charge in [0.15, 0.2) is 11.6 Å². The van der Waals surface area contributed by atoms with E-state index in [2.05, 4.69) is 0 Å². The maximum Gasteiger partial charge on any atom is 0.335 e. The molecule has 7 nitrogen and oxygen atoms in total. The van der Waals surface area contributed by atoms with Crippen molar-refractivity contribution in [3.63, 3.8) is 0 Å². The summed E-state index contributed by atoms with van der Waals surface area (Å²) in [6, 6.07) is 6.93. The lowest BCUT2D eigenvalue weighted by molar-refractivity contribution is 0.0696. The molecule has 0 aliphatic heterocycles. The number of hydrogen-bond acceptors (Lipinski definition) is 5. The Morgan fingerprint density at radius 2 is 1.61 bits per heavy atom. The molecule has 0 bridgehead atoms. The number of carbonyl (C=O) groups excluding carboxylic acids is 2. The molecule has 3 rings (SSSR count). The molecule has 0 amide bonds. The molecule has 0 atom stereocenters. The maximum absolute atomic E-state index is 12.6. The molecule has 0 heterocycles. The number of fused-ring (bicyclic) bond motifs is 2. The van der Waals surface area contributed by atoms with E-state index in [4.69, 9.17) is 5.11 Å². The van der Waals surface area contributed by atoms with E-state index in [1.807, 2.05) is 0 Å². The lowest BCUT2D eigenvalue weighted by Gasteiger charge is -2.19. The number of benzene rings is 2. The topological polar surface area (TPSA) is 126 Å². The maximum atomic E-state index is 12.6. The molecule has 0 saturated heterocycles. The predicted octanol–water partition coefficient (Wildman–Crippen LogP) is 1.41. The lowest BCUT2D eigenvalue weighted by Crippen LogP contribution is -2.24. The minimum absolute atomic E-state index is 0.0139. The van der Waals surface area contributed by atoms with Crippen LogP contribution < -0.4 is 0 Å². The Balaban J connectivity index is 2.35. The average Bonchev–Trinajstić information content (AvgIpc) is 2.50. The third-order valence-corrected chi connectivity index (χ3v) is 4.43. The van der Waals surface area contributed by atoms with Gasteiger partial charge in [-0.1, -0.05) is 12.1 Å². The fourth-order valence-corrected chi connectivity index (χ4v) is 3.22. The Bertz CT molecular complexity index is 1000. The molecule has 2 aromatic carbocycles. The Morgan fingerprint density at radius 1 is 0.913 bits per heavy atom. The van der Waals surface area contributed by atoms with Crippen molar-refractivity contribution in [3.8, 4) is 0 Å². The Hall–Kier alpha value is -2.84. The Morgan fingerprint density at radius 3 is 2.22 bits per heavy atom. The van der Waals surface area contributed by atoms with E-state index in [1.54, 1.807) is 0 Å². The molecule has 0 aromatic heterocycles. The Kier molecular flexibility index (Phi) is 3.17. The number of aromatic carboxylic acids is 1. The van der Waals surface area contributed by atoms with Crippen LogP contribution in [0.4, 0.5) is 0 Å². The standard InChI is InChI=1S/C15H8O7S/c16-13-8-5-4-7(15(18)19)6-10(8)14(17)12-9(13)2-1-3-11(12)23(20,21)22/h1-6H,(H,18,19)(H,20,21,22). The molecule has 0 fully saturated rings. The van der Waals surface area contributed by atoms with Crippen molar-refractivity contribution in [3.05, 3.63) is 64.2 Å². The molecule has 8 heteroatoms. The second-order valence-corrected chi connectivity index (χ2v) is 6.27. The van der Waals surface area contributed by atoms with Crippen LogP contribution in [0.15, 0.2) is 41.3 Å². The first kappa shape index (κ1) is 15.1. The fourth-order valence-electron chi connectivity index (χ4n) is 2.51. The first-order chi connectivity index (χ1) is 10.7. The van der Waals surface area contributed by atoms with Crippen molar-refractivity contribution >= 4 is 27.7 Å². The fraction of sp³-hybridized carbons (Fsp3) is 0. The van der Waals surface area contributed by atoms with Crippen LogP contribution in [0, 0.1) is 0 Å². The zero-order chi connectivity index (χ0) is 16.9. The highest BCUT2D eigenvalue weighted by atomic mass is 32.2. The molecule has 0 radical (unpaired) electrons. The molecular formula is C15H8O7S. The van der Waals surface area contributed by atoms with Crippen molar-refractivity contribution in [2.45, 2.75) is 4.90 Å². The molecule has 2 N–H and O–H groups in total. The van der Waals surface area contributed by atoms with Gasteiger partial charge in [-0.3, -0.25) is 14.1 Å². The minimum Gasteiger partial charge on any atom is -0.478 e. The number of rotatable bonds is 2. The highest BCUT2D eigenvalue weighted by molar-refractivity contribution is 7.86. The summed E-state index contributed by atoms with van der Waals surface area (Å²) in [7, 11) is -4.72. The minimum atomic E-state index is -4.72. The zero-order valence-corrected chi connectivity index (χ0v) is 12.1. The number of carboxylic acids is 1. The molecular weight excluding hydrogens is 324 g/mol. The van der Waals surface area contributed by atoms with E-state index in [0.29, 0.717) is 0 Å². The monoisotopic (exact) mass is 332 g/mol. The van der Waals surface area contributed by atoms with E-state index in [9.17, 15) is 27.4 Å². The summed E-state index contributed by atoms with van der Waals surface area (Å²) >= 11 is 0.